The van der Waals surface area contributed by atoms with Crippen molar-refractivity contribution in [3.8, 4) is 0 Å². The molecule has 134 valence electrons. The number of morpholine rings is 1. The number of ether oxygens (including phenoxy) is 1. The average Bonchev–Trinajstić information content (AvgIpc) is 3.03. The first-order chi connectivity index (χ1) is 12.7. The molecule has 1 atom stereocenters. The maximum atomic E-state index is 14.3. The predicted octanol–water partition coefficient (Wildman–Crippen LogP) is 3.84. The summed E-state index contributed by atoms with van der Waals surface area (Å²) in [5.74, 6) is 0.165. The number of pyridine rings is 1. The Morgan fingerprint density at radius 1 is 1.38 bits per heavy atom. The fourth-order valence-electron chi connectivity index (χ4n) is 2.97. The molecule has 0 spiro atoms. The molecule has 1 unspecified atom stereocenters. The van der Waals surface area contributed by atoms with Crippen LogP contribution >= 0.6 is 22.6 Å². The van der Waals surface area contributed by atoms with Gasteiger partial charge in [-0.05, 0) is 46.9 Å². The molecule has 1 N–H and O–H groups in total. The number of carbonyl (C=O) groups is 1. The van der Waals surface area contributed by atoms with E-state index in [1.54, 1.807) is 29.4 Å². The highest BCUT2D eigenvalue weighted by molar-refractivity contribution is 14.1. The van der Waals surface area contributed by atoms with E-state index >= 15 is 0 Å². The van der Waals surface area contributed by atoms with E-state index in [0.29, 0.717) is 42.4 Å². The van der Waals surface area contributed by atoms with Crippen LogP contribution in [0.3, 0.4) is 0 Å². The summed E-state index contributed by atoms with van der Waals surface area (Å²) in [5, 5.41) is 3.85. The molecule has 1 saturated heterocycles. The topological polar surface area (TPSA) is 67.6 Å². The van der Waals surface area contributed by atoms with Gasteiger partial charge in [-0.3, -0.25) is 9.78 Å². The molecule has 1 amide bonds. The van der Waals surface area contributed by atoms with E-state index < -0.39 is 6.10 Å². The summed E-state index contributed by atoms with van der Waals surface area (Å²) in [5.41, 5.74) is 1.56. The van der Waals surface area contributed by atoms with Crippen molar-refractivity contribution in [2.75, 3.05) is 25.0 Å². The maximum absolute atomic E-state index is 14.3. The van der Waals surface area contributed by atoms with Crippen molar-refractivity contribution in [1.29, 1.82) is 0 Å². The van der Waals surface area contributed by atoms with Gasteiger partial charge in [0.05, 0.1) is 29.9 Å². The zero-order chi connectivity index (χ0) is 18.1. The van der Waals surface area contributed by atoms with Crippen molar-refractivity contribution in [3.05, 3.63) is 51.8 Å². The second kappa shape index (κ2) is 7.20. The third-order valence-electron chi connectivity index (χ3n) is 4.25. The molecule has 6 nitrogen and oxygen atoms in total. The number of nitrogens with one attached hydrogen (secondary N) is 1. The second-order valence-electron chi connectivity index (χ2n) is 5.92. The Kier molecular flexibility index (Phi) is 4.77. The van der Waals surface area contributed by atoms with Gasteiger partial charge in [-0.25, -0.2) is 4.39 Å². The van der Waals surface area contributed by atoms with Gasteiger partial charge in [0.1, 0.15) is 17.5 Å². The number of hydrogen-bond donors (Lipinski definition) is 1. The van der Waals surface area contributed by atoms with Crippen molar-refractivity contribution >= 4 is 51.3 Å². The Labute approximate surface area is 162 Å². The minimum atomic E-state index is -0.434. The SMILES string of the molecule is O=CN1CCOC(c2oc3ccncc3c2Nc2ccc(I)cc2F)C1. The van der Waals surface area contributed by atoms with Gasteiger partial charge in [0, 0.05) is 22.5 Å². The number of fused-ring (bicyclic) bond motifs is 1. The Morgan fingerprint density at radius 3 is 3.08 bits per heavy atom. The lowest BCUT2D eigenvalue weighted by Gasteiger charge is -2.29. The number of anilines is 2. The zero-order valence-corrected chi connectivity index (χ0v) is 15.8. The third kappa shape index (κ3) is 3.26. The van der Waals surface area contributed by atoms with Crippen molar-refractivity contribution in [3.63, 3.8) is 0 Å². The monoisotopic (exact) mass is 467 g/mol. The van der Waals surface area contributed by atoms with Gasteiger partial charge in [0.15, 0.2) is 5.76 Å². The highest BCUT2D eigenvalue weighted by Crippen LogP contribution is 2.39. The normalized spacial score (nSPS) is 17.5. The van der Waals surface area contributed by atoms with Crippen LogP contribution in [-0.4, -0.2) is 36.0 Å². The summed E-state index contributed by atoms with van der Waals surface area (Å²) in [6, 6.07) is 6.69. The smallest absolute Gasteiger partial charge is 0.209 e. The lowest BCUT2D eigenvalue weighted by Crippen LogP contribution is -2.37. The molecular weight excluding hydrogens is 452 g/mol. The zero-order valence-electron chi connectivity index (χ0n) is 13.6. The van der Waals surface area contributed by atoms with Gasteiger partial charge in [-0.15, -0.1) is 0 Å². The molecule has 3 heterocycles. The van der Waals surface area contributed by atoms with Crippen LogP contribution in [0.2, 0.25) is 0 Å². The first-order valence-electron chi connectivity index (χ1n) is 8.05. The van der Waals surface area contributed by atoms with Crippen LogP contribution in [0.25, 0.3) is 11.0 Å². The van der Waals surface area contributed by atoms with Gasteiger partial charge >= 0.3 is 0 Å². The molecule has 1 aliphatic heterocycles. The molecule has 0 aliphatic carbocycles. The van der Waals surface area contributed by atoms with Gasteiger partial charge in [-0.1, -0.05) is 0 Å². The summed E-state index contributed by atoms with van der Waals surface area (Å²) in [7, 11) is 0. The van der Waals surface area contributed by atoms with Gasteiger partial charge in [0.2, 0.25) is 6.41 Å². The second-order valence-corrected chi connectivity index (χ2v) is 7.17. The summed E-state index contributed by atoms with van der Waals surface area (Å²) < 4.78 is 26.9. The van der Waals surface area contributed by atoms with Crippen molar-refractivity contribution in [1.82, 2.24) is 9.88 Å². The number of amides is 1. The Hall–Kier alpha value is -2.20. The van der Waals surface area contributed by atoms with E-state index in [9.17, 15) is 9.18 Å². The van der Waals surface area contributed by atoms with Crippen molar-refractivity contribution < 1.29 is 18.3 Å². The minimum Gasteiger partial charge on any atom is -0.456 e. The van der Waals surface area contributed by atoms with E-state index in [4.69, 9.17) is 9.15 Å². The average molecular weight is 467 g/mol. The van der Waals surface area contributed by atoms with E-state index in [2.05, 4.69) is 32.9 Å². The van der Waals surface area contributed by atoms with E-state index in [1.165, 1.54) is 6.07 Å². The van der Waals surface area contributed by atoms with Crippen LogP contribution in [0.4, 0.5) is 15.8 Å². The van der Waals surface area contributed by atoms with Crippen LogP contribution in [-0.2, 0) is 9.53 Å². The number of benzene rings is 1. The lowest BCUT2D eigenvalue weighted by molar-refractivity contribution is -0.126. The molecule has 1 fully saturated rings. The fraction of sp³-hybridized carbons (Fsp3) is 0.222. The number of aromatic nitrogens is 1. The van der Waals surface area contributed by atoms with Crippen LogP contribution in [0.15, 0.2) is 41.1 Å². The number of furan rings is 1. The molecule has 0 saturated carbocycles. The standard InChI is InChI=1S/C18H15FIN3O3/c19-13-7-11(20)1-2-14(13)22-17-12-8-21-4-3-15(12)26-18(17)16-9-23(10-24)5-6-25-16/h1-4,7-8,10,16,22H,5-6,9H2. The number of hydrogen-bond acceptors (Lipinski definition) is 5. The van der Waals surface area contributed by atoms with Crippen LogP contribution in [0, 0.1) is 9.39 Å². The highest BCUT2D eigenvalue weighted by atomic mass is 127. The van der Waals surface area contributed by atoms with Gasteiger partial charge in [-0.2, -0.15) is 0 Å². The van der Waals surface area contributed by atoms with Crippen LogP contribution in [0.5, 0.6) is 0 Å². The minimum absolute atomic E-state index is 0.335. The summed E-state index contributed by atoms with van der Waals surface area (Å²) in [6.45, 7) is 1.33. The summed E-state index contributed by atoms with van der Waals surface area (Å²) >= 11 is 2.06. The third-order valence-corrected chi connectivity index (χ3v) is 4.92. The van der Waals surface area contributed by atoms with Crippen LogP contribution in [0.1, 0.15) is 11.9 Å². The molecule has 1 aromatic carbocycles. The first-order valence-corrected chi connectivity index (χ1v) is 9.13. The molecule has 1 aliphatic rings. The fourth-order valence-corrected chi connectivity index (χ4v) is 3.42. The van der Waals surface area contributed by atoms with E-state index in [-0.39, 0.29) is 5.82 Å². The van der Waals surface area contributed by atoms with Gasteiger partial charge in [0.25, 0.3) is 0 Å². The lowest BCUT2D eigenvalue weighted by atomic mass is 10.1. The number of rotatable bonds is 4. The van der Waals surface area contributed by atoms with Crippen molar-refractivity contribution in [2.45, 2.75) is 6.10 Å². The molecule has 0 bridgehead atoms. The largest absolute Gasteiger partial charge is 0.456 e. The maximum Gasteiger partial charge on any atom is 0.209 e. The predicted molar refractivity (Wildman–Crippen MR) is 103 cm³/mol. The van der Waals surface area contributed by atoms with Crippen LogP contribution < -0.4 is 5.32 Å². The Bertz CT molecular complexity index is 962. The number of carbonyl (C=O) groups excluding carboxylic acids is 1. The Balaban J connectivity index is 1.77. The summed E-state index contributed by atoms with van der Waals surface area (Å²) in [6.07, 6.45) is 3.65. The summed E-state index contributed by atoms with van der Waals surface area (Å²) in [4.78, 5) is 16.9. The van der Waals surface area contributed by atoms with Crippen molar-refractivity contribution in [2.24, 2.45) is 0 Å². The molecule has 3 aromatic rings. The first kappa shape index (κ1) is 17.2. The highest BCUT2D eigenvalue weighted by Gasteiger charge is 2.28. The molecule has 8 heteroatoms. The number of halogens is 2. The quantitative estimate of drug-likeness (QED) is 0.467. The molecule has 26 heavy (non-hydrogen) atoms. The van der Waals surface area contributed by atoms with E-state index in [0.717, 1.165) is 15.4 Å². The van der Waals surface area contributed by atoms with Gasteiger partial charge < -0.3 is 19.4 Å². The molecule has 0 radical (unpaired) electrons. The Morgan fingerprint density at radius 2 is 2.27 bits per heavy atom. The molecule has 4 rings (SSSR count). The molecule has 2 aromatic heterocycles. The number of nitrogens with zero attached hydrogens (tertiary/aromatic N) is 2. The molecular formula is C18H15FIN3O3. The van der Waals surface area contributed by atoms with E-state index in [1.807, 2.05) is 6.07 Å².